The second-order valence-electron chi connectivity index (χ2n) is 9.78. The standard InChI is InChI=1S/C23H33N5O3/c1-22(2,3)27-19(29)13-28(6)21-16-8-7-9-17(16)25-20(26-21)18-12-15(10-11-24-18)31-14-23(4,5)30/h10-12,30H,7-9,13-14H2,1-6H3,(H,27,29). The third kappa shape index (κ3) is 6.37. The highest BCUT2D eigenvalue weighted by Gasteiger charge is 2.24. The molecule has 8 heteroatoms. The Labute approximate surface area is 184 Å². The first-order chi connectivity index (χ1) is 14.4. The average molecular weight is 428 g/mol. The van der Waals surface area contributed by atoms with Gasteiger partial charge in [0.25, 0.3) is 0 Å². The zero-order valence-corrected chi connectivity index (χ0v) is 19.3. The van der Waals surface area contributed by atoms with Crippen LogP contribution in [0, 0.1) is 0 Å². The van der Waals surface area contributed by atoms with Gasteiger partial charge in [0.1, 0.15) is 23.9 Å². The SMILES string of the molecule is CN(CC(=O)NC(C)(C)C)c1nc(-c2cc(OCC(C)(C)O)ccn2)nc2c1CCC2. The largest absolute Gasteiger partial charge is 0.490 e. The van der Waals surface area contributed by atoms with E-state index in [-0.39, 0.29) is 24.6 Å². The highest BCUT2D eigenvalue weighted by Crippen LogP contribution is 2.31. The van der Waals surface area contributed by atoms with Crippen LogP contribution in [-0.4, -0.2) is 57.3 Å². The van der Waals surface area contributed by atoms with Crippen LogP contribution in [-0.2, 0) is 17.6 Å². The van der Waals surface area contributed by atoms with Gasteiger partial charge in [0.05, 0.1) is 12.1 Å². The molecule has 0 bridgehead atoms. The van der Waals surface area contributed by atoms with Gasteiger partial charge in [-0.15, -0.1) is 0 Å². The van der Waals surface area contributed by atoms with Gasteiger partial charge in [-0.05, 0) is 59.9 Å². The number of rotatable bonds is 7. The number of nitrogens with one attached hydrogen (secondary N) is 1. The van der Waals surface area contributed by atoms with E-state index in [4.69, 9.17) is 14.7 Å². The van der Waals surface area contributed by atoms with Crippen LogP contribution in [0.1, 0.15) is 52.3 Å². The van der Waals surface area contributed by atoms with Crippen LogP contribution in [0.25, 0.3) is 11.5 Å². The molecule has 1 amide bonds. The minimum atomic E-state index is -0.934. The van der Waals surface area contributed by atoms with Gasteiger partial charge in [0, 0.05) is 36.1 Å². The van der Waals surface area contributed by atoms with Crippen molar-refractivity contribution in [1.29, 1.82) is 0 Å². The summed E-state index contributed by atoms with van der Waals surface area (Å²) in [5, 5.41) is 12.9. The van der Waals surface area contributed by atoms with Crippen LogP contribution < -0.4 is 15.0 Å². The number of hydrogen-bond acceptors (Lipinski definition) is 7. The lowest BCUT2D eigenvalue weighted by Gasteiger charge is -2.25. The zero-order valence-electron chi connectivity index (χ0n) is 19.3. The maximum atomic E-state index is 12.4. The van der Waals surface area contributed by atoms with Crippen LogP contribution in [0.4, 0.5) is 5.82 Å². The summed E-state index contributed by atoms with van der Waals surface area (Å²) in [6, 6.07) is 3.52. The number of anilines is 1. The van der Waals surface area contributed by atoms with Crippen LogP contribution in [0.15, 0.2) is 18.3 Å². The predicted octanol–water partition coefficient (Wildman–Crippen LogP) is 2.53. The van der Waals surface area contributed by atoms with Gasteiger partial charge in [-0.2, -0.15) is 0 Å². The summed E-state index contributed by atoms with van der Waals surface area (Å²) < 4.78 is 5.69. The van der Waals surface area contributed by atoms with Crippen molar-refractivity contribution in [2.45, 2.75) is 65.0 Å². The number of carbonyl (C=O) groups excluding carboxylic acids is 1. The molecule has 2 heterocycles. The van der Waals surface area contributed by atoms with Crippen molar-refractivity contribution in [3.8, 4) is 17.3 Å². The number of hydrogen-bond donors (Lipinski definition) is 2. The Morgan fingerprint density at radius 2 is 1.97 bits per heavy atom. The zero-order chi connectivity index (χ0) is 22.8. The fourth-order valence-electron chi connectivity index (χ4n) is 3.47. The van der Waals surface area contributed by atoms with E-state index >= 15 is 0 Å². The lowest BCUT2D eigenvalue weighted by Crippen LogP contribution is -2.45. The summed E-state index contributed by atoms with van der Waals surface area (Å²) in [4.78, 5) is 28.3. The Morgan fingerprint density at radius 1 is 1.23 bits per heavy atom. The van der Waals surface area contributed by atoms with Gasteiger partial charge in [-0.3, -0.25) is 9.78 Å². The Hall–Kier alpha value is -2.74. The maximum absolute atomic E-state index is 12.4. The molecule has 0 saturated heterocycles. The van der Waals surface area contributed by atoms with Crippen LogP contribution in [0.2, 0.25) is 0 Å². The smallest absolute Gasteiger partial charge is 0.239 e. The molecule has 3 rings (SSSR count). The van der Waals surface area contributed by atoms with E-state index < -0.39 is 5.60 Å². The minimum Gasteiger partial charge on any atom is -0.490 e. The summed E-state index contributed by atoms with van der Waals surface area (Å²) in [5.74, 6) is 1.82. The summed E-state index contributed by atoms with van der Waals surface area (Å²) >= 11 is 0. The molecule has 0 atom stereocenters. The highest BCUT2D eigenvalue weighted by molar-refractivity contribution is 5.82. The number of nitrogens with zero attached hydrogens (tertiary/aromatic N) is 4. The lowest BCUT2D eigenvalue weighted by atomic mass is 10.1. The topological polar surface area (TPSA) is 100 Å². The van der Waals surface area contributed by atoms with Crippen molar-refractivity contribution in [1.82, 2.24) is 20.3 Å². The van der Waals surface area contributed by atoms with Crippen molar-refractivity contribution in [2.24, 2.45) is 0 Å². The fourth-order valence-corrected chi connectivity index (χ4v) is 3.47. The second-order valence-corrected chi connectivity index (χ2v) is 9.78. The molecule has 2 N–H and O–H groups in total. The average Bonchev–Trinajstić information content (AvgIpc) is 3.12. The molecule has 168 valence electrons. The maximum Gasteiger partial charge on any atom is 0.239 e. The number of aryl methyl sites for hydroxylation is 1. The number of amides is 1. The van der Waals surface area contributed by atoms with E-state index in [1.165, 1.54) is 0 Å². The number of aromatic nitrogens is 3. The number of carbonyl (C=O) groups is 1. The van der Waals surface area contributed by atoms with Crippen LogP contribution in [0.5, 0.6) is 5.75 Å². The number of aliphatic hydroxyl groups is 1. The first-order valence-corrected chi connectivity index (χ1v) is 10.6. The number of ether oxygens (including phenoxy) is 1. The van der Waals surface area contributed by atoms with Crippen LogP contribution in [0.3, 0.4) is 0 Å². The third-order valence-electron chi connectivity index (χ3n) is 4.72. The molecule has 0 saturated carbocycles. The monoisotopic (exact) mass is 427 g/mol. The highest BCUT2D eigenvalue weighted by atomic mass is 16.5. The Kier molecular flexibility index (Phi) is 6.50. The predicted molar refractivity (Wildman–Crippen MR) is 120 cm³/mol. The second kappa shape index (κ2) is 8.78. The molecule has 0 spiro atoms. The van der Waals surface area contributed by atoms with Gasteiger partial charge >= 0.3 is 0 Å². The first kappa shape index (κ1) is 22.9. The molecule has 0 unspecified atom stereocenters. The number of likely N-dealkylation sites (N-methyl/N-ethyl adjacent to an activating group) is 1. The molecule has 8 nitrogen and oxygen atoms in total. The fraction of sp³-hybridized carbons (Fsp3) is 0.565. The van der Waals surface area contributed by atoms with Crippen molar-refractivity contribution in [3.05, 3.63) is 29.6 Å². The van der Waals surface area contributed by atoms with Gasteiger partial charge in [-0.25, -0.2) is 9.97 Å². The van der Waals surface area contributed by atoms with E-state index in [0.717, 1.165) is 36.3 Å². The lowest BCUT2D eigenvalue weighted by molar-refractivity contribution is -0.121. The summed E-state index contributed by atoms with van der Waals surface area (Å²) in [5.41, 5.74) is 1.48. The molecule has 2 aromatic rings. The summed E-state index contributed by atoms with van der Waals surface area (Å²) in [7, 11) is 1.88. The van der Waals surface area contributed by atoms with E-state index in [2.05, 4.69) is 10.3 Å². The third-order valence-corrected chi connectivity index (χ3v) is 4.72. The molecule has 1 aliphatic rings. The van der Waals surface area contributed by atoms with E-state index in [1.807, 2.05) is 32.7 Å². The van der Waals surface area contributed by atoms with Crippen LogP contribution >= 0.6 is 0 Å². The quantitative estimate of drug-likeness (QED) is 0.700. The van der Waals surface area contributed by atoms with Crippen molar-refractivity contribution in [3.63, 3.8) is 0 Å². The van der Waals surface area contributed by atoms with Crippen molar-refractivity contribution in [2.75, 3.05) is 25.1 Å². The molecule has 0 fully saturated rings. The van der Waals surface area contributed by atoms with Crippen molar-refractivity contribution >= 4 is 11.7 Å². The molecule has 1 aliphatic carbocycles. The van der Waals surface area contributed by atoms with E-state index in [9.17, 15) is 9.90 Å². The molecule has 31 heavy (non-hydrogen) atoms. The molecule has 0 aromatic carbocycles. The number of fused-ring (bicyclic) bond motifs is 1. The first-order valence-electron chi connectivity index (χ1n) is 10.6. The normalized spacial score (nSPS) is 13.6. The minimum absolute atomic E-state index is 0.0537. The number of pyridine rings is 1. The Balaban J connectivity index is 1.87. The van der Waals surface area contributed by atoms with Gasteiger partial charge in [0.15, 0.2) is 5.82 Å². The van der Waals surface area contributed by atoms with Crippen molar-refractivity contribution < 1.29 is 14.6 Å². The Bertz CT molecular complexity index is 947. The summed E-state index contributed by atoms with van der Waals surface area (Å²) in [6.07, 6.45) is 4.45. The molecule has 0 radical (unpaired) electrons. The van der Waals surface area contributed by atoms with E-state index in [1.54, 1.807) is 32.2 Å². The van der Waals surface area contributed by atoms with E-state index in [0.29, 0.717) is 17.3 Å². The van der Waals surface area contributed by atoms with Gasteiger partial charge in [0.2, 0.25) is 5.91 Å². The Morgan fingerprint density at radius 3 is 2.65 bits per heavy atom. The molecular weight excluding hydrogens is 394 g/mol. The summed E-state index contributed by atoms with van der Waals surface area (Å²) in [6.45, 7) is 9.64. The van der Waals surface area contributed by atoms with Gasteiger partial charge in [-0.1, -0.05) is 0 Å². The molecular formula is C23H33N5O3. The molecule has 2 aromatic heterocycles. The van der Waals surface area contributed by atoms with Gasteiger partial charge < -0.3 is 20.1 Å². The molecule has 0 aliphatic heterocycles.